The van der Waals surface area contributed by atoms with Crippen LogP contribution in [0.2, 0.25) is 0 Å². The molecule has 1 aromatic heterocycles. The first-order valence-electron chi connectivity index (χ1n) is 9.16. The lowest BCUT2D eigenvalue weighted by molar-refractivity contribution is -0.124. The zero-order valence-corrected chi connectivity index (χ0v) is 17.1. The summed E-state index contributed by atoms with van der Waals surface area (Å²) in [5, 5.41) is 15.7. The lowest BCUT2D eigenvalue weighted by Gasteiger charge is -2.26. The third-order valence-corrected chi connectivity index (χ3v) is 5.24. The van der Waals surface area contributed by atoms with E-state index < -0.39 is 11.6 Å². The van der Waals surface area contributed by atoms with E-state index in [0.29, 0.717) is 12.3 Å². The van der Waals surface area contributed by atoms with Gasteiger partial charge in [0.15, 0.2) is 0 Å². The van der Waals surface area contributed by atoms with Crippen molar-refractivity contribution in [3.63, 3.8) is 0 Å². The first kappa shape index (κ1) is 19.6. The molecule has 2 aromatic rings. The van der Waals surface area contributed by atoms with Gasteiger partial charge >= 0.3 is 0 Å². The number of carbonyl (C=O) groups excluding carboxylic acids is 1. The highest BCUT2D eigenvalue weighted by Gasteiger charge is 2.45. The van der Waals surface area contributed by atoms with Gasteiger partial charge in [-0.05, 0) is 42.9 Å². The Morgan fingerprint density at radius 3 is 2.59 bits per heavy atom. The maximum absolute atomic E-state index is 12.9. The zero-order valence-electron chi connectivity index (χ0n) is 15.5. The van der Waals surface area contributed by atoms with Gasteiger partial charge in [0.25, 0.3) is 0 Å². The highest BCUT2D eigenvalue weighted by molar-refractivity contribution is 9.10. The molecule has 0 saturated heterocycles. The van der Waals surface area contributed by atoms with Crippen LogP contribution >= 0.6 is 15.9 Å². The van der Waals surface area contributed by atoms with E-state index in [-0.39, 0.29) is 11.9 Å². The number of nitrogens with zero attached hydrogens (tertiary/aromatic N) is 2. The van der Waals surface area contributed by atoms with Crippen molar-refractivity contribution in [1.82, 2.24) is 20.6 Å². The number of halogens is 1. The molecule has 1 aromatic carbocycles. The van der Waals surface area contributed by atoms with Crippen molar-refractivity contribution in [1.29, 1.82) is 5.26 Å². The lowest BCUT2D eigenvalue weighted by atomic mass is 9.99. The molecular formula is C20H24BrN5O. The Morgan fingerprint density at radius 1 is 1.37 bits per heavy atom. The number of rotatable bonds is 8. The first-order chi connectivity index (χ1) is 12.9. The van der Waals surface area contributed by atoms with Crippen LogP contribution in [0.4, 0.5) is 0 Å². The van der Waals surface area contributed by atoms with E-state index in [4.69, 9.17) is 0 Å². The second-order valence-corrected chi connectivity index (χ2v) is 8.41. The fourth-order valence-electron chi connectivity index (χ4n) is 3.06. The average molecular weight is 430 g/mol. The Bertz CT molecular complexity index is 806. The molecule has 1 heterocycles. The molecule has 0 spiro atoms. The number of nitrogens with one attached hydrogen (secondary N) is 3. The van der Waals surface area contributed by atoms with Crippen LogP contribution in [0.25, 0.3) is 0 Å². The molecule has 1 amide bonds. The van der Waals surface area contributed by atoms with Crippen LogP contribution < -0.4 is 10.6 Å². The minimum Gasteiger partial charge on any atom is -0.347 e. The van der Waals surface area contributed by atoms with E-state index in [2.05, 4.69) is 56.4 Å². The van der Waals surface area contributed by atoms with Crippen molar-refractivity contribution in [3.8, 4) is 6.07 Å². The SMILES string of the molecule is CC(C)C[C@H](N[C@@H](c1ccc(Br)cc1)c1ncc[nH]1)C(=O)NC1(C#N)CC1. The summed E-state index contributed by atoms with van der Waals surface area (Å²) >= 11 is 3.46. The molecule has 1 aliphatic rings. The number of benzene rings is 1. The number of amides is 1. The van der Waals surface area contributed by atoms with Crippen LogP contribution in [0.15, 0.2) is 41.1 Å². The average Bonchev–Trinajstić information content (AvgIpc) is 3.20. The number of aromatic nitrogens is 2. The fourth-order valence-corrected chi connectivity index (χ4v) is 3.32. The molecule has 142 valence electrons. The van der Waals surface area contributed by atoms with E-state index >= 15 is 0 Å². The minimum atomic E-state index is -0.675. The monoisotopic (exact) mass is 429 g/mol. The third-order valence-electron chi connectivity index (χ3n) is 4.71. The van der Waals surface area contributed by atoms with Crippen molar-refractivity contribution >= 4 is 21.8 Å². The van der Waals surface area contributed by atoms with Gasteiger partial charge in [0.1, 0.15) is 11.4 Å². The summed E-state index contributed by atoms with van der Waals surface area (Å²) < 4.78 is 0.991. The Hall–Kier alpha value is -2.17. The molecule has 1 fully saturated rings. The number of hydrogen-bond acceptors (Lipinski definition) is 4. The topological polar surface area (TPSA) is 93.6 Å². The number of nitriles is 1. The minimum absolute atomic E-state index is 0.128. The number of imidazole rings is 1. The van der Waals surface area contributed by atoms with Crippen LogP contribution in [-0.2, 0) is 4.79 Å². The van der Waals surface area contributed by atoms with Crippen LogP contribution in [0.3, 0.4) is 0 Å². The predicted molar refractivity (Wildman–Crippen MR) is 107 cm³/mol. The summed E-state index contributed by atoms with van der Waals surface area (Å²) in [6.45, 7) is 4.17. The Labute approximate surface area is 167 Å². The highest BCUT2D eigenvalue weighted by atomic mass is 79.9. The summed E-state index contributed by atoms with van der Waals surface area (Å²) in [6.07, 6.45) is 5.58. The van der Waals surface area contributed by atoms with E-state index in [1.54, 1.807) is 12.4 Å². The lowest BCUT2D eigenvalue weighted by Crippen LogP contribution is -2.50. The van der Waals surface area contributed by atoms with Gasteiger partial charge in [0.2, 0.25) is 5.91 Å². The molecule has 0 bridgehead atoms. The molecule has 27 heavy (non-hydrogen) atoms. The molecule has 2 atom stereocenters. The second-order valence-electron chi connectivity index (χ2n) is 7.49. The highest BCUT2D eigenvalue weighted by Crippen LogP contribution is 2.34. The van der Waals surface area contributed by atoms with Crippen LogP contribution in [0, 0.1) is 17.2 Å². The molecule has 3 rings (SSSR count). The molecule has 7 heteroatoms. The molecular weight excluding hydrogens is 406 g/mol. The fraction of sp³-hybridized carbons (Fsp3) is 0.450. The molecule has 1 saturated carbocycles. The van der Waals surface area contributed by atoms with Gasteiger partial charge in [0, 0.05) is 16.9 Å². The van der Waals surface area contributed by atoms with Crippen LogP contribution in [0.1, 0.15) is 50.5 Å². The summed E-state index contributed by atoms with van der Waals surface area (Å²) in [7, 11) is 0. The zero-order chi connectivity index (χ0) is 19.4. The number of carbonyl (C=O) groups is 1. The van der Waals surface area contributed by atoms with E-state index in [1.807, 2.05) is 24.3 Å². The van der Waals surface area contributed by atoms with Gasteiger partial charge in [-0.3, -0.25) is 10.1 Å². The van der Waals surface area contributed by atoms with Gasteiger partial charge < -0.3 is 10.3 Å². The standard InChI is InChI=1S/C20H24BrN5O/c1-13(2)11-16(19(27)26-20(12-22)7-8-20)25-17(18-23-9-10-24-18)14-3-5-15(21)6-4-14/h3-6,9-10,13,16-17,25H,7-8,11H2,1-2H3,(H,23,24)(H,26,27)/t16-,17-/m0/s1. The summed E-state index contributed by atoms with van der Waals surface area (Å²) in [5.74, 6) is 0.948. The molecule has 0 unspecified atom stereocenters. The van der Waals surface area contributed by atoms with Gasteiger partial charge in [-0.15, -0.1) is 0 Å². The molecule has 3 N–H and O–H groups in total. The van der Waals surface area contributed by atoms with E-state index in [1.165, 1.54) is 0 Å². The Balaban J connectivity index is 1.84. The maximum Gasteiger partial charge on any atom is 0.238 e. The van der Waals surface area contributed by atoms with Crippen molar-refractivity contribution in [2.75, 3.05) is 0 Å². The molecule has 6 nitrogen and oxygen atoms in total. The van der Waals surface area contributed by atoms with Gasteiger partial charge in [-0.1, -0.05) is 41.9 Å². The number of hydrogen-bond donors (Lipinski definition) is 3. The normalized spacial score (nSPS) is 17.1. The maximum atomic E-state index is 12.9. The van der Waals surface area contributed by atoms with Crippen molar-refractivity contribution in [3.05, 3.63) is 52.5 Å². The number of H-pyrrole nitrogens is 1. The summed E-state index contributed by atoms with van der Waals surface area (Å²) in [4.78, 5) is 20.5. The van der Waals surface area contributed by atoms with Gasteiger partial charge in [-0.2, -0.15) is 5.26 Å². The summed E-state index contributed by atoms with van der Waals surface area (Å²) in [6, 6.07) is 9.51. The third kappa shape index (κ3) is 4.96. The smallest absolute Gasteiger partial charge is 0.238 e. The predicted octanol–water partition coefficient (Wildman–Crippen LogP) is 3.44. The van der Waals surface area contributed by atoms with Gasteiger partial charge in [0.05, 0.1) is 18.2 Å². The Morgan fingerprint density at radius 2 is 2.07 bits per heavy atom. The van der Waals surface area contributed by atoms with Crippen molar-refractivity contribution in [2.24, 2.45) is 5.92 Å². The number of aromatic amines is 1. The molecule has 0 radical (unpaired) electrons. The Kier molecular flexibility index (Phi) is 5.98. The van der Waals surface area contributed by atoms with Crippen LogP contribution in [0.5, 0.6) is 0 Å². The van der Waals surface area contributed by atoms with E-state index in [9.17, 15) is 10.1 Å². The molecule has 1 aliphatic carbocycles. The summed E-state index contributed by atoms with van der Waals surface area (Å²) in [5.41, 5.74) is 0.335. The second kappa shape index (κ2) is 8.24. The van der Waals surface area contributed by atoms with Gasteiger partial charge in [-0.25, -0.2) is 4.98 Å². The van der Waals surface area contributed by atoms with Crippen molar-refractivity contribution in [2.45, 2.75) is 50.7 Å². The van der Waals surface area contributed by atoms with E-state index in [0.717, 1.165) is 28.7 Å². The van der Waals surface area contributed by atoms with Crippen LogP contribution in [-0.4, -0.2) is 27.5 Å². The largest absolute Gasteiger partial charge is 0.347 e. The first-order valence-corrected chi connectivity index (χ1v) is 9.96. The van der Waals surface area contributed by atoms with Crippen molar-refractivity contribution < 1.29 is 4.79 Å². The quantitative estimate of drug-likeness (QED) is 0.598. The molecule has 0 aliphatic heterocycles.